The number of amides is 5. The quantitative estimate of drug-likeness (QED) is 0.0682. The number of unbranched alkanes of at least 4 members (excludes halogenated alkanes) is 1. The van der Waals surface area contributed by atoms with Gasteiger partial charge in [-0.05, 0) is 50.7 Å². The summed E-state index contributed by atoms with van der Waals surface area (Å²) in [5.41, 5.74) is 1.63. The average molecular weight is 690 g/mol. The predicted octanol–water partition coefficient (Wildman–Crippen LogP) is 3.02. The van der Waals surface area contributed by atoms with Crippen LogP contribution in [0.15, 0.2) is 47.7 Å². The second-order valence-corrected chi connectivity index (χ2v) is 12.6. The van der Waals surface area contributed by atoms with Crippen molar-refractivity contribution in [2.24, 2.45) is 4.99 Å². The number of carbonyl (C=O) groups excluding carboxylic acids is 5. The predicted molar refractivity (Wildman–Crippen MR) is 185 cm³/mol. The topological polar surface area (TPSA) is 182 Å². The number of hydrogen-bond donors (Lipinski definition) is 4. The van der Waals surface area contributed by atoms with E-state index in [4.69, 9.17) is 5.41 Å². The van der Waals surface area contributed by atoms with Crippen molar-refractivity contribution in [3.8, 4) is 0 Å². The van der Waals surface area contributed by atoms with Crippen molar-refractivity contribution in [1.29, 1.82) is 5.41 Å². The number of anilines is 1. The first kappa shape index (κ1) is 36.2. The molecule has 0 saturated carbocycles. The van der Waals surface area contributed by atoms with Gasteiger partial charge < -0.3 is 10.6 Å². The molecule has 3 aliphatic heterocycles. The van der Waals surface area contributed by atoms with E-state index in [1.54, 1.807) is 36.7 Å². The molecule has 266 valence electrons. The van der Waals surface area contributed by atoms with Crippen molar-refractivity contribution < 1.29 is 28.4 Å². The number of hydrogen-bond acceptors (Lipinski definition) is 10. The van der Waals surface area contributed by atoms with Crippen LogP contribution in [0.1, 0.15) is 90.6 Å². The van der Waals surface area contributed by atoms with E-state index in [0.717, 1.165) is 37.3 Å². The van der Waals surface area contributed by atoms with E-state index in [2.05, 4.69) is 30.9 Å². The summed E-state index contributed by atoms with van der Waals surface area (Å²) in [6.07, 6.45) is 11.1. The van der Waals surface area contributed by atoms with Crippen LogP contribution >= 0.6 is 0 Å². The number of halogens is 1. The van der Waals surface area contributed by atoms with E-state index in [0.29, 0.717) is 43.7 Å². The Labute approximate surface area is 290 Å². The Balaban J connectivity index is 0.982. The third-order valence-electron chi connectivity index (χ3n) is 9.02. The minimum Gasteiger partial charge on any atom is -0.384 e. The van der Waals surface area contributed by atoms with Gasteiger partial charge in [0.2, 0.25) is 17.7 Å². The van der Waals surface area contributed by atoms with Gasteiger partial charge in [0.1, 0.15) is 6.04 Å². The molecule has 5 rings (SSSR count). The Hall–Kier alpha value is -5.05. The van der Waals surface area contributed by atoms with Crippen molar-refractivity contribution in [3.05, 3.63) is 59.4 Å². The van der Waals surface area contributed by atoms with Crippen LogP contribution < -0.4 is 16.0 Å². The number of aromatic nitrogens is 2. The lowest BCUT2D eigenvalue weighted by atomic mass is 10.0. The third kappa shape index (κ3) is 8.94. The minimum atomic E-state index is -1.38. The number of benzene rings is 1. The number of imide groups is 2. The lowest BCUT2D eigenvalue weighted by Gasteiger charge is -2.31. The van der Waals surface area contributed by atoms with Crippen LogP contribution in [0.2, 0.25) is 0 Å². The molecule has 2 aromatic rings. The molecule has 1 aromatic heterocycles. The summed E-state index contributed by atoms with van der Waals surface area (Å²) >= 11 is 0. The van der Waals surface area contributed by atoms with Gasteiger partial charge in [-0.25, -0.2) is 4.39 Å². The van der Waals surface area contributed by atoms with E-state index in [9.17, 15) is 28.4 Å². The number of likely N-dealkylation sites (tertiary alicyclic amines) is 1. The highest BCUT2D eigenvalue weighted by Crippen LogP contribution is 2.32. The summed E-state index contributed by atoms with van der Waals surface area (Å²) in [4.78, 5) is 69.6. The maximum atomic E-state index is 13.9. The van der Waals surface area contributed by atoms with E-state index >= 15 is 0 Å². The highest BCUT2D eigenvalue weighted by molar-refractivity contribution is 6.36. The van der Waals surface area contributed by atoms with Crippen LogP contribution in [0.4, 0.5) is 10.1 Å². The summed E-state index contributed by atoms with van der Waals surface area (Å²) in [6.45, 7) is 4.74. The molecule has 15 heteroatoms. The number of aliphatic imine (C=N–C) groups is 1. The van der Waals surface area contributed by atoms with E-state index in [1.165, 1.54) is 6.21 Å². The van der Waals surface area contributed by atoms with Crippen molar-refractivity contribution in [1.82, 2.24) is 30.2 Å². The molecule has 5 amide bonds. The lowest BCUT2D eigenvalue weighted by molar-refractivity contribution is -0.136. The van der Waals surface area contributed by atoms with E-state index in [-0.39, 0.29) is 48.1 Å². The van der Waals surface area contributed by atoms with Gasteiger partial charge in [0.15, 0.2) is 6.30 Å². The Morgan fingerprint density at radius 1 is 1.12 bits per heavy atom. The van der Waals surface area contributed by atoms with Crippen LogP contribution in [0.25, 0.3) is 0 Å². The molecular formula is C35H44FN9O5. The second kappa shape index (κ2) is 17.1. The van der Waals surface area contributed by atoms with E-state index in [1.807, 2.05) is 17.7 Å². The Morgan fingerprint density at radius 2 is 1.90 bits per heavy atom. The maximum Gasteiger partial charge on any atom is 0.264 e. The SMILES string of the molecule is CC/C=C\CC(F)N=CC(=N)c1cnn(C2CCN(CC(=O)NCCCCNc3cccc4c3C(=O)N(C3CCC(=O)NC3=O)C4=O)CC2)c1. The second-order valence-electron chi connectivity index (χ2n) is 12.6. The summed E-state index contributed by atoms with van der Waals surface area (Å²) in [5, 5.41) is 21.0. The van der Waals surface area contributed by atoms with Crippen LogP contribution in [0.3, 0.4) is 0 Å². The summed E-state index contributed by atoms with van der Waals surface area (Å²) in [6, 6.07) is 4.08. The largest absolute Gasteiger partial charge is 0.384 e. The van der Waals surface area contributed by atoms with Crippen LogP contribution in [-0.2, 0) is 14.4 Å². The van der Waals surface area contributed by atoms with Crippen molar-refractivity contribution >= 4 is 47.1 Å². The number of carbonyl (C=O) groups is 5. The zero-order valence-electron chi connectivity index (χ0n) is 28.2. The first-order valence-corrected chi connectivity index (χ1v) is 17.2. The molecule has 14 nitrogen and oxygen atoms in total. The molecule has 0 bridgehead atoms. The molecule has 2 saturated heterocycles. The monoisotopic (exact) mass is 689 g/mol. The molecular weight excluding hydrogens is 645 g/mol. The minimum absolute atomic E-state index is 0.0552. The van der Waals surface area contributed by atoms with Gasteiger partial charge >= 0.3 is 0 Å². The molecule has 2 atom stereocenters. The Morgan fingerprint density at radius 3 is 2.66 bits per heavy atom. The maximum absolute atomic E-state index is 13.9. The number of alkyl halides is 1. The zero-order valence-corrected chi connectivity index (χ0v) is 28.2. The fraction of sp³-hybridized carbons (Fsp3) is 0.486. The highest BCUT2D eigenvalue weighted by Gasteiger charge is 2.45. The molecule has 4 heterocycles. The van der Waals surface area contributed by atoms with Crippen molar-refractivity contribution in [2.45, 2.75) is 76.7 Å². The molecule has 0 radical (unpaired) electrons. The highest BCUT2D eigenvalue weighted by atomic mass is 19.1. The first-order valence-electron chi connectivity index (χ1n) is 17.2. The van der Waals surface area contributed by atoms with Gasteiger partial charge in [0.25, 0.3) is 11.8 Å². The molecule has 3 aliphatic rings. The van der Waals surface area contributed by atoms with E-state index < -0.39 is 36.0 Å². The first-order chi connectivity index (χ1) is 24.2. The van der Waals surface area contributed by atoms with Gasteiger partial charge in [-0.2, -0.15) is 5.10 Å². The van der Waals surface area contributed by atoms with Crippen molar-refractivity contribution in [2.75, 3.05) is 38.0 Å². The molecule has 2 unspecified atom stereocenters. The van der Waals surface area contributed by atoms with Gasteiger partial charge in [0, 0.05) is 56.5 Å². The van der Waals surface area contributed by atoms with Crippen molar-refractivity contribution in [3.63, 3.8) is 0 Å². The Kier molecular flexibility index (Phi) is 12.4. The summed E-state index contributed by atoms with van der Waals surface area (Å²) in [7, 11) is 0. The van der Waals surface area contributed by atoms with Gasteiger partial charge in [-0.1, -0.05) is 25.1 Å². The molecule has 50 heavy (non-hydrogen) atoms. The van der Waals surface area contributed by atoms with Gasteiger partial charge in [-0.3, -0.25) is 54.2 Å². The number of allylic oxidation sites excluding steroid dienone is 1. The zero-order chi connectivity index (χ0) is 35.6. The lowest BCUT2D eigenvalue weighted by Crippen LogP contribution is -2.54. The number of rotatable bonds is 16. The molecule has 0 aliphatic carbocycles. The Bertz CT molecular complexity index is 1660. The summed E-state index contributed by atoms with van der Waals surface area (Å²) in [5.74, 6) is -2.23. The number of nitrogens with one attached hydrogen (secondary N) is 4. The fourth-order valence-corrected chi connectivity index (χ4v) is 6.31. The van der Waals surface area contributed by atoms with Crippen LogP contribution in [0, 0.1) is 5.41 Å². The number of fused-ring (bicyclic) bond motifs is 1. The molecule has 1 aromatic carbocycles. The van der Waals surface area contributed by atoms with Crippen LogP contribution in [0.5, 0.6) is 0 Å². The fourth-order valence-electron chi connectivity index (χ4n) is 6.31. The third-order valence-corrected chi connectivity index (χ3v) is 9.02. The average Bonchev–Trinajstić information content (AvgIpc) is 3.69. The normalized spacial score (nSPS) is 19.3. The standard InChI is InChI=1S/C35H44FN9O5/c1-2-3-4-10-29(36)40-20-26(37)23-19-41-44(21-23)24-13-17-43(18-14-24)22-31(47)39-16-6-5-15-38-27-9-7-8-25-32(27)35(50)45(34(25)49)28-11-12-30(46)42-33(28)48/h3-4,7-9,19-21,24,28-29,37-38H,2,5-6,10-18,22H2,1H3,(H,39,47)(H,42,46,48)/b4-3-,37-26?,40-20?. The molecule has 0 spiro atoms. The van der Waals surface area contributed by atoms with Gasteiger partial charge in [-0.15, -0.1) is 0 Å². The number of piperidine rings is 2. The molecule has 2 fully saturated rings. The smallest absolute Gasteiger partial charge is 0.264 e. The van der Waals surface area contributed by atoms with Gasteiger partial charge in [0.05, 0.1) is 41.8 Å². The van der Waals surface area contributed by atoms with Crippen LogP contribution in [-0.4, -0.2) is 106 Å². The summed E-state index contributed by atoms with van der Waals surface area (Å²) < 4.78 is 15.7. The number of nitrogens with zero attached hydrogens (tertiary/aromatic N) is 5. The molecule has 4 N–H and O–H groups in total.